The second-order valence-electron chi connectivity index (χ2n) is 4.24. The van der Waals surface area contributed by atoms with E-state index < -0.39 is 0 Å². The van der Waals surface area contributed by atoms with Gasteiger partial charge < -0.3 is 10.9 Å². The zero-order chi connectivity index (χ0) is 11.1. The Morgan fingerprint density at radius 1 is 1.44 bits per heavy atom. The van der Waals surface area contributed by atoms with E-state index in [0.717, 1.165) is 16.5 Å². The molecule has 1 aromatic heterocycles. The number of nitrogen functional groups attached to an aromatic ring is 1. The summed E-state index contributed by atoms with van der Waals surface area (Å²) in [4.78, 5) is 0. The number of oxime groups is 1. The van der Waals surface area contributed by atoms with E-state index in [2.05, 4.69) is 15.4 Å². The van der Waals surface area contributed by atoms with Crippen LogP contribution in [0.5, 0.6) is 0 Å². The molecule has 2 fully saturated rings. The highest BCUT2D eigenvalue weighted by Gasteiger charge is 2.46. The fourth-order valence-electron chi connectivity index (χ4n) is 2.71. The molecule has 2 saturated carbocycles. The summed E-state index contributed by atoms with van der Waals surface area (Å²) in [6.07, 6.45) is 3.56. The van der Waals surface area contributed by atoms with Gasteiger partial charge in [-0.15, -0.1) is 10.2 Å². The molecule has 2 bridgehead atoms. The summed E-state index contributed by atoms with van der Waals surface area (Å²) in [5.74, 6) is 1.11. The Kier molecular flexibility index (Phi) is 2.51. The van der Waals surface area contributed by atoms with Crippen LogP contribution in [0.1, 0.15) is 19.3 Å². The van der Waals surface area contributed by atoms with E-state index in [0.29, 0.717) is 17.0 Å². The van der Waals surface area contributed by atoms with E-state index in [1.165, 1.54) is 24.2 Å². The number of hydrogen-bond acceptors (Lipinski definition) is 7. The van der Waals surface area contributed by atoms with Gasteiger partial charge in [0.25, 0.3) is 0 Å². The molecular weight excluding hydrogens is 244 g/mol. The summed E-state index contributed by atoms with van der Waals surface area (Å²) < 4.78 is 0.871. The smallest absolute Gasteiger partial charge is 0.203 e. The van der Waals surface area contributed by atoms with E-state index in [1.807, 2.05) is 0 Å². The molecule has 5 nitrogen and oxygen atoms in total. The van der Waals surface area contributed by atoms with Gasteiger partial charge in [-0.25, -0.2) is 0 Å². The lowest BCUT2D eigenvalue weighted by Gasteiger charge is -2.20. The van der Waals surface area contributed by atoms with Crippen LogP contribution < -0.4 is 5.73 Å². The molecule has 0 aliphatic heterocycles. The van der Waals surface area contributed by atoms with Crippen LogP contribution in [-0.2, 0) is 0 Å². The number of nitrogens with two attached hydrogens (primary N) is 1. The second kappa shape index (κ2) is 3.89. The zero-order valence-electron chi connectivity index (χ0n) is 8.54. The van der Waals surface area contributed by atoms with Gasteiger partial charge in [0.05, 0.1) is 11.0 Å². The molecule has 0 spiro atoms. The Labute approximate surface area is 101 Å². The molecule has 7 heteroatoms. The van der Waals surface area contributed by atoms with Crippen LogP contribution in [0.3, 0.4) is 0 Å². The maximum absolute atomic E-state index is 9.06. The van der Waals surface area contributed by atoms with Crippen LogP contribution in [0.2, 0.25) is 0 Å². The van der Waals surface area contributed by atoms with Crippen molar-refractivity contribution < 1.29 is 5.21 Å². The van der Waals surface area contributed by atoms with Gasteiger partial charge in [-0.1, -0.05) is 28.3 Å². The third-order valence-electron chi connectivity index (χ3n) is 3.38. The van der Waals surface area contributed by atoms with Gasteiger partial charge in [-0.3, -0.25) is 0 Å². The third kappa shape index (κ3) is 1.58. The number of hydrogen-bond donors (Lipinski definition) is 2. The highest BCUT2D eigenvalue weighted by Crippen LogP contribution is 2.49. The fourth-order valence-corrected chi connectivity index (χ4v) is 4.91. The average Bonchev–Trinajstić information content (AvgIpc) is 2.94. The molecule has 0 aromatic carbocycles. The minimum absolute atomic E-state index is 0.274. The minimum atomic E-state index is 0.274. The quantitative estimate of drug-likeness (QED) is 0.623. The summed E-state index contributed by atoms with van der Waals surface area (Å²) in [6.45, 7) is 0. The summed E-state index contributed by atoms with van der Waals surface area (Å²) in [5, 5.41) is 21.1. The second-order valence-corrected chi connectivity index (χ2v) is 6.64. The monoisotopic (exact) mass is 256 g/mol. The summed E-state index contributed by atoms with van der Waals surface area (Å²) in [7, 11) is 0. The molecule has 2 aliphatic rings. The predicted octanol–water partition coefficient (Wildman–Crippen LogP) is 1.84. The first kappa shape index (κ1) is 10.3. The van der Waals surface area contributed by atoms with Crippen molar-refractivity contribution in [2.75, 3.05) is 5.73 Å². The number of aromatic nitrogens is 2. The molecule has 16 heavy (non-hydrogen) atoms. The molecule has 3 N–H and O–H groups in total. The maximum atomic E-state index is 9.06. The largest absolute Gasteiger partial charge is 0.411 e. The normalized spacial score (nSPS) is 35.0. The van der Waals surface area contributed by atoms with Crippen LogP contribution in [0, 0.1) is 11.8 Å². The molecular formula is C9H12N4OS2. The lowest BCUT2D eigenvalue weighted by atomic mass is 9.98. The van der Waals surface area contributed by atoms with Crippen LogP contribution in [0.25, 0.3) is 0 Å². The summed E-state index contributed by atoms with van der Waals surface area (Å²) in [6, 6.07) is 0. The Morgan fingerprint density at radius 2 is 2.31 bits per heavy atom. The third-order valence-corrected chi connectivity index (χ3v) is 5.63. The minimum Gasteiger partial charge on any atom is -0.411 e. The van der Waals surface area contributed by atoms with Crippen molar-refractivity contribution in [1.29, 1.82) is 0 Å². The average molecular weight is 256 g/mol. The fraction of sp³-hybridized carbons (Fsp3) is 0.667. The summed E-state index contributed by atoms with van der Waals surface area (Å²) >= 11 is 3.04. The van der Waals surface area contributed by atoms with Gasteiger partial charge in [0, 0.05) is 5.92 Å². The molecule has 0 radical (unpaired) electrons. The first-order valence-electron chi connectivity index (χ1n) is 5.25. The van der Waals surface area contributed by atoms with Gasteiger partial charge in [0.1, 0.15) is 0 Å². The number of anilines is 1. The van der Waals surface area contributed by atoms with E-state index in [4.69, 9.17) is 10.9 Å². The van der Waals surface area contributed by atoms with Gasteiger partial charge in [0.15, 0.2) is 4.34 Å². The molecule has 0 amide bonds. The molecule has 2 aliphatic carbocycles. The molecule has 3 atom stereocenters. The number of nitrogens with zero attached hydrogens (tertiary/aromatic N) is 3. The van der Waals surface area contributed by atoms with E-state index in [9.17, 15) is 0 Å². The predicted molar refractivity (Wildman–Crippen MR) is 64.0 cm³/mol. The van der Waals surface area contributed by atoms with Gasteiger partial charge >= 0.3 is 0 Å². The van der Waals surface area contributed by atoms with Crippen molar-refractivity contribution in [2.45, 2.75) is 28.9 Å². The van der Waals surface area contributed by atoms with Crippen molar-refractivity contribution >= 4 is 33.9 Å². The first-order chi connectivity index (χ1) is 7.78. The summed E-state index contributed by atoms with van der Waals surface area (Å²) in [5.41, 5.74) is 6.49. The van der Waals surface area contributed by atoms with E-state index in [-0.39, 0.29) is 5.25 Å². The highest BCUT2D eigenvalue weighted by molar-refractivity contribution is 8.02. The van der Waals surface area contributed by atoms with Crippen LogP contribution in [-0.4, -0.2) is 26.4 Å². The van der Waals surface area contributed by atoms with Crippen molar-refractivity contribution in [3.63, 3.8) is 0 Å². The molecule has 0 saturated heterocycles. The van der Waals surface area contributed by atoms with Crippen molar-refractivity contribution in [3.8, 4) is 0 Å². The van der Waals surface area contributed by atoms with Gasteiger partial charge in [-0.2, -0.15) is 0 Å². The first-order valence-corrected chi connectivity index (χ1v) is 6.95. The van der Waals surface area contributed by atoms with E-state index >= 15 is 0 Å². The van der Waals surface area contributed by atoms with Crippen LogP contribution in [0.4, 0.5) is 5.13 Å². The highest BCUT2D eigenvalue weighted by atomic mass is 32.2. The molecule has 86 valence electrons. The standard InChI is InChI=1S/C9H12N4OS2/c10-8-11-12-9(16-8)15-7-5-2-1-4(3-5)6(7)13-14/h4-5,7,14H,1-3H2,(H2,10,11)/b13-6-/t4-,5+,7+/m1/s1. The Balaban J connectivity index is 1.80. The topological polar surface area (TPSA) is 84.4 Å². The Morgan fingerprint density at radius 3 is 3.00 bits per heavy atom. The van der Waals surface area contributed by atoms with Crippen molar-refractivity contribution in [1.82, 2.24) is 10.2 Å². The zero-order valence-corrected chi connectivity index (χ0v) is 10.2. The van der Waals surface area contributed by atoms with E-state index in [1.54, 1.807) is 11.8 Å². The number of rotatable bonds is 2. The number of fused-ring (bicyclic) bond motifs is 2. The van der Waals surface area contributed by atoms with Crippen molar-refractivity contribution in [2.24, 2.45) is 17.0 Å². The Bertz CT molecular complexity index is 433. The maximum Gasteiger partial charge on any atom is 0.203 e. The number of thioether (sulfide) groups is 1. The van der Waals surface area contributed by atoms with Gasteiger partial charge in [-0.05, 0) is 25.2 Å². The molecule has 1 heterocycles. The van der Waals surface area contributed by atoms with Crippen LogP contribution >= 0.6 is 23.1 Å². The molecule has 1 aromatic rings. The lowest BCUT2D eigenvalue weighted by molar-refractivity contribution is 0.314. The molecule has 0 unspecified atom stereocenters. The molecule has 3 rings (SSSR count). The van der Waals surface area contributed by atoms with Crippen LogP contribution in [0.15, 0.2) is 9.50 Å². The van der Waals surface area contributed by atoms with Crippen molar-refractivity contribution in [3.05, 3.63) is 0 Å². The lowest BCUT2D eigenvalue weighted by Crippen LogP contribution is -2.24. The SMILES string of the molecule is Nc1nnc(S[C@@H]2/C(=N\O)[C@@H]3CC[C@H]2C3)s1. The van der Waals surface area contributed by atoms with Gasteiger partial charge in [0.2, 0.25) is 5.13 Å². The Hall–Kier alpha value is -0.820.